The van der Waals surface area contributed by atoms with Crippen LogP contribution in [0.4, 0.5) is 0 Å². The van der Waals surface area contributed by atoms with Crippen LogP contribution in [-0.4, -0.2) is 42.6 Å². The number of nitrogens with zero attached hydrogens (tertiary/aromatic N) is 1. The predicted octanol–water partition coefficient (Wildman–Crippen LogP) is 2.57. The third kappa shape index (κ3) is 5.61. The zero-order valence-electron chi connectivity index (χ0n) is 14.3. The highest BCUT2D eigenvalue weighted by molar-refractivity contribution is 5.94. The average molecular weight is 343 g/mol. The van der Waals surface area contributed by atoms with Gasteiger partial charge in [-0.15, -0.1) is 0 Å². The van der Waals surface area contributed by atoms with Gasteiger partial charge in [-0.25, -0.2) is 4.79 Å². The topological polar surface area (TPSA) is 76.1 Å². The van der Waals surface area contributed by atoms with Crippen molar-refractivity contribution >= 4 is 11.9 Å². The lowest BCUT2D eigenvalue weighted by molar-refractivity contribution is -0.139. The molecule has 0 aliphatic heterocycles. The standard InChI is InChI=1S/C19H21NO5/c1-20(19(23)16-7-3-15(4-8-16)12-24-2)11-14-5-9-17(10-6-14)25-13-18(21)22/h3-10H,11-13H2,1-2H3,(H,21,22). The molecule has 0 heterocycles. The lowest BCUT2D eigenvalue weighted by Crippen LogP contribution is -2.26. The summed E-state index contributed by atoms with van der Waals surface area (Å²) in [6.07, 6.45) is 0. The molecular formula is C19H21NO5. The molecule has 25 heavy (non-hydrogen) atoms. The van der Waals surface area contributed by atoms with Gasteiger partial charge >= 0.3 is 5.97 Å². The van der Waals surface area contributed by atoms with Crippen molar-refractivity contribution in [2.75, 3.05) is 20.8 Å². The molecule has 132 valence electrons. The van der Waals surface area contributed by atoms with E-state index in [4.69, 9.17) is 14.6 Å². The lowest BCUT2D eigenvalue weighted by Gasteiger charge is -2.18. The van der Waals surface area contributed by atoms with Gasteiger partial charge < -0.3 is 19.5 Å². The molecule has 0 saturated carbocycles. The van der Waals surface area contributed by atoms with Crippen molar-refractivity contribution in [1.29, 1.82) is 0 Å². The van der Waals surface area contributed by atoms with Gasteiger partial charge in [0, 0.05) is 26.3 Å². The maximum Gasteiger partial charge on any atom is 0.341 e. The number of amides is 1. The van der Waals surface area contributed by atoms with Gasteiger partial charge in [0.25, 0.3) is 5.91 Å². The number of aliphatic carboxylic acids is 1. The average Bonchev–Trinajstić information content (AvgIpc) is 2.61. The second kappa shape index (κ2) is 8.84. The molecule has 0 aromatic heterocycles. The van der Waals surface area contributed by atoms with Gasteiger partial charge in [0.05, 0.1) is 6.61 Å². The largest absolute Gasteiger partial charge is 0.482 e. The summed E-state index contributed by atoms with van der Waals surface area (Å²) in [5, 5.41) is 8.59. The zero-order valence-corrected chi connectivity index (χ0v) is 14.3. The summed E-state index contributed by atoms with van der Waals surface area (Å²) in [5.41, 5.74) is 2.55. The van der Waals surface area contributed by atoms with E-state index in [9.17, 15) is 9.59 Å². The first kappa shape index (κ1) is 18.5. The van der Waals surface area contributed by atoms with Crippen LogP contribution in [0.2, 0.25) is 0 Å². The van der Waals surface area contributed by atoms with Crippen molar-refractivity contribution in [2.24, 2.45) is 0 Å². The van der Waals surface area contributed by atoms with Crippen molar-refractivity contribution in [1.82, 2.24) is 4.90 Å². The highest BCUT2D eigenvalue weighted by Gasteiger charge is 2.12. The molecule has 2 rings (SSSR count). The van der Waals surface area contributed by atoms with Crippen LogP contribution in [0.5, 0.6) is 5.75 Å². The van der Waals surface area contributed by atoms with Crippen LogP contribution in [0.25, 0.3) is 0 Å². The number of carboxylic acid groups (broad SMARTS) is 1. The molecule has 0 fully saturated rings. The maximum absolute atomic E-state index is 12.5. The quantitative estimate of drug-likeness (QED) is 0.797. The molecule has 1 amide bonds. The Labute approximate surface area is 146 Å². The van der Waals surface area contributed by atoms with Crippen molar-refractivity contribution in [2.45, 2.75) is 13.2 Å². The molecular weight excluding hydrogens is 322 g/mol. The Morgan fingerprint density at radius 1 is 1.00 bits per heavy atom. The molecule has 0 unspecified atom stereocenters. The predicted molar refractivity (Wildman–Crippen MR) is 92.5 cm³/mol. The van der Waals surface area contributed by atoms with Gasteiger partial charge in [0.15, 0.2) is 6.61 Å². The summed E-state index contributed by atoms with van der Waals surface area (Å²) in [6, 6.07) is 14.3. The Morgan fingerprint density at radius 3 is 2.16 bits per heavy atom. The minimum Gasteiger partial charge on any atom is -0.482 e. The molecule has 0 spiro atoms. The molecule has 0 aliphatic rings. The summed E-state index contributed by atoms with van der Waals surface area (Å²) in [7, 11) is 3.37. The number of hydrogen-bond acceptors (Lipinski definition) is 4. The first-order valence-electron chi connectivity index (χ1n) is 7.76. The minimum atomic E-state index is -1.02. The third-order valence-electron chi connectivity index (χ3n) is 3.56. The van der Waals surface area contributed by atoms with Crippen LogP contribution in [0.3, 0.4) is 0 Å². The van der Waals surface area contributed by atoms with Crippen molar-refractivity contribution in [3.05, 3.63) is 65.2 Å². The Bertz CT molecular complexity index is 710. The molecule has 1 N–H and O–H groups in total. The van der Waals surface area contributed by atoms with Crippen LogP contribution >= 0.6 is 0 Å². The van der Waals surface area contributed by atoms with Gasteiger partial charge in [0.2, 0.25) is 0 Å². The van der Waals surface area contributed by atoms with E-state index in [2.05, 4.69) is 0 Å². The Hall–Kier alpha value is -2.86. The van der Waals surface area contributed by atoms with Crippen LogP contribution in [0, 0.1) is 0 Å². The summed E-state index contributed by atoms with van der Waals surface area (Å²) >= 11 is 0. The molecule has 2 aromatic carbocycles. The van der Waals surface area contributed by atoms with Gasteiger partial charge in [0.1, 0.15) is 5.75 Å². The van der Waals surface area contributed by atoms with Crippen LogP contribution in [0.1, 0.15) is 21.5 Å². The highest BCUT2D eigenvalue weighted by Crippen LogP contribution is 2.15. The molecule has 6 nitrogen and oxygen atoms in total. The van der Waals surface area contributed by atoms with Crippen molar-refractivity contribution < 1.29 is 24.2 Å². The second-order valence-electron chi connectivity index (χ2n) is 5.62. The molecule has 0 saturated heterocycles. The van der Waals surface area contributed by atoms with Gasteiger partial charge in [-0.1, -0.05) is 24.3 Å². The fraction of sp³-hybridized carbons (Fsp3) is 0.263. The Morgan fingerprint density at radius 2 is 1.60 bits per heavy atom. The number of rotatable bonds is 8. The lowest BCUT2D eigenvalue weighted by atomic mass is 10.1. The second-order valence-corrected chi connectivity index (χ2v) is 5.62. The molecule has 0 aliphatic carbocycles. The number of ether oxygens (including phenoxy) is 2. The fourth-order valence-corrected chi connectivity index (χ4v) is 2.31. The van der Waals surface area contributed by atoms with Crippen LogP contribution < -0.4 is 4.74 Å². The number of carbonyl (C=O) groups is 2. The fourth-order valence-electron chi connectivity index (χ4n) is 2.31. The normalized spacial score (nSPS) is 10.3. The number of carbonyl (C=O) groups excluding carboxylic acids is 1. The molecule has 0 atom stereocenters. The number of carboxylic acids is 1. The van der Waals surface area contributed by atoms with Crippen molar-refractivity contribution in [3.63, 3.8) is 0 Å². The Balaban J connectivity index is 1.94. The molecule has 0 bridgehead atoms. The summed E-state index contributed by atoms with van der Waals surface area (Å²) < 4.78 is 10.1. The molecule has 2 aromatic rings. The monoisotopic (exact) mass is 343 g/mol. The summed E-state index contributed by atoms with van der Waals surface area (Å²) in [5.74, 6) is -0.616. The van der Waals surface area contributed by atoms with E-state index in [1.54, 1.807) is 43.3 Å². The van der Waals surface area contributed by atoms with E-state index in [-0.39, 0.29) is 12.5 Å². The summed E-state index contributed by atoms with van der Waals surface area (Å²) in [4.78, 5) is 24.6. The van der Waals surface area contributed by atoms with Gasteiger partial charge in [-0.2, -0.15) is 0 Å². The van der Waals surface area contributed by atoms with E-state index in [0.717, 1.165) is 11.1 Å². The van der Waals surface area contributed by atoms with Crippen LogP contribution in [-0.2, 0) is 22.7 Å². The third-order valence-corrected chi connectivity index (χ3v) is 3.56. The first-order valence-corrected chi connectivity index (χ1v) is 7.76. The van der Waals surface area contributed by atoms with Gasteiger partial charge in [-0.3, -0.25) is 4.79 Å². The number of hydrogen-bond donors (Lipinski definition) is 1. The smallest absolute Gasteiger partial charge is 0.341 e. The minimum absolute atomic E-state index is 0.0739. The number of methoxy groups -OCH3 is 1. The first-order chi connectivity index (χ1) is 12.0. The van der Waals surface area contributed by atoms with E-state index < -0.39 is 5.97 Å². The van der Waals surface area contributed by atoms with Crippen LogP contribution in [0.15, 0.2) is 48.5 Å². The molecule has 0 radical (unpaired) electrons. The van der Waals surface area contributed by atoms with E-state index in [1.165, 1.54) is 0 Å². The highest BCUT2D eigenvalue weighted by atomic mass is 16.5. The van der Waals surface area contributed by atoms with E-state index in [0.29, 0.717) is 24.5 Å². The van der Waals surface area contributed by atoms with E-state index >= 15 is 0 Å². The SMILES string of the molecule is COCc1ccc(C(=O)N(C)Cc2ccc(OCC(=O)O)cc2)cc1. The number of benzene rings is 2. The van der Waals surface area contributed by atoms with Gasteiger partial charge in [-0.05, 0) is 35.4 Å². The zero-order chi connectivity index (χ0) is 18.2. The summed E-state index contributed by atoms with van der Waals surface area (Å²) in [6.45, 7) is 0.579. The van der Waals surface area contributed by atoms with Crippen molar-refractivity contribution in [3.8, 4) is 5.75 Å². The molecule has 6 heteroatoms. The van der Waals surface area contributed by atoms with E-state index in [1.807, 2.05) is 24.3 Å². The Kier molecular flexibility index (Phi) is 6.54. The maximum atomic E-state index is 12.5.